The third-order valence-electron chi connectivity index (χ3n) is 3.28. The number of nitrogens with one attached hydrogen (secondary N) is 2. The molecule has 3 rings (SSSR count). The third-order valence-corrected chi connectivity index (χ3v) is 4.57. The van der Waals surface area contributed by atoms with Crippen molar-refractivity contribution in [1.82, 2.24) is 10.4 Å². The molecular formula is C17H14BrN3O2S. The standard InChI is InChI=1S/C17H14BrN3O2S/c1-23-15-5-3-2-4-13(15)16(22)20-21-17-19-14(10-24-17)11-6-8-12(18)9-7-11/h2-10H,1H3,(H,19,21)(H,20,22). The Morgan fingerprint density at radius 2 is 1.92 bits per heavy atom. The van der Waals surface area contributed by atoms with Crippen molar-refractivity contribution in [1.29, 1.82) is 0 Å². The highest BCUT2D eigenvalue weighted by Gasteiger charge is 2.12. The second-order valence-electron chi connectivity index (χ2n) is 4.82. The third kappa shape index (κ3) is 3.74. The van der Waals surface area contributed by atoms with Crippen molar-refractivity contribution in [2.75, 3.05) is 12.5 Å². The highest BCUT2D eigenvalue weighted by atomic mass is 79.9. The van der Waals surface area contributed by atoms with Crippen LogP contribution in [0.4, 0.5) is 5.13 Å². The Hall–Kier alpha value is -2.38. The molecule has 0 aliphatic carbocycles. The lowest BCUT2D eigenvalue weighted by Crippen LogP contribution is -2.29. The van der Waals surface area contributed by atoms with Crippen LogP contribution in [0.2, 0.25) is 0 Å². The summed E-state index contributed by atoms with van der Waals surface area (Å²) in [5, 5.41) is 2.54. The molecule has 0 bridgehead atoms. The van der Waals surface area contributed by atoms with Gasteiger partial charge in [-0.05, 0) is 24.3 Å². The number of methoxy groups -OCH3 is 1. The van der Waals surface area contributed by atoms with Crippen LogP contribution in [0.15, 0.2) is 58.4 Å². The van der Waals surface area contributed by atoms with Gasteiger partial charge in [-0.2, -0.15) is 0 Å². The molecule has 0 aliphatic rings. The smallest absolute Gasteiger partial charge is 0.273 e. The lowest BCUT2D eigenvalue weighted by atomic mass is 10.2. The van der Waals surface area contributed by atoms with Gasteiger partial charge < -0.3 is 4.74 Å². The molecule has 3 aromatic rings. The van der Waals surface area contributed by atoms with Crippen LogP contribution >= 0.6 is 27.3 Å². The first kappa shape index (κ1) is 16.5. The zero-order valence-corrected chi connectivity index (χ0v) is 15.1. The lowest BCUT2D eigenvalue weighted by Gasteiger charge is -2.09. The molecule has 2 N–H and O–H groups in total. The number of nitrogens with zero attached hydrogens (tertiary/aromatic N) is 1. The van der Waals surface area contributed by atoms with Crippen molar-refractivity contribution in [2.45, 2.75) is 0 Å². The highest BCUT2D eigenvalue weighted by molar-refractivity contribution is 9.10. The number of hydrazine groups is 1. The summed E-state index contributed by atoms with van der Waals surface area (Å²) < 4.78 is 6.20. The van der Waals surface area contributed by atoms with E-state index in [-0.39, 0.29) is 5.91 Å². The molecule has 1 amide bonds. The monoisotopic (exact) mass is 403 g/mol. The van der Waals surface area contributed by atoms with Gasteiger partial charge >= 0.3 is 0 Å². The van der Waals surface area contributed by atoms with Crippen molar-refractivity contribution in [2.24, 2.45) is 0 Å². The van der Waals surface area contributed by atoms with E-state index in [1.165, 1.54) is 18.4 Å². The summed E-state index contributed by atoms with van der Waals surface area (Å²) in [4.78, 5) is 16.7. The van der Waals surface area contributed by atoms with Gasteiger partial charge in [0, 0.05) is 15.4 Å². The SMILES string of the molecule is COc1ccccc1C(=O)NNc1nc(-c2ccc(Br)cc2)cs1. The van der Waals surface area contributed by atoms with Gasteiger partial charge in [0.1, 0.15) is 5.75 Å². The summed E-state index contributed by atoms with van der Waals surface area (Å²) in [7, 11) is 1.53. The molecule has 1 aromatic heterocycles. The summed E-state index contributed by atoms with van der Waals surface area (Å²) in [5.74, 6) is 0.235. The predicted molar refractivity (Wildman–Crippen MR) is 99.3 cm³/mol. The minimum atomic E-state index is -0.284. The Balaban J connectivity index is 1.67. The number of ether oxygens (including phenoxy) is 1. The number of rotatable bonds is 5. The molecule has 0 spiro atoms. The molecular weight excluding hydrogens is 390 g/mol. The number of hydrogen-bond donors (Lipinski definition) is 2. The Morgan fingerprint density at radius 1 is 1.17 bits per heavy atom. The molecule has 2 aromatic carbocycles. The highest BCUT2D eigenvalue weighted by Crippen LogP contribution is 2.26. The maximum atomic E-state index is 12.2. The van der Waals surface area contributed by atoms with Crippen LogP contribution in [0.3, 0.4) is 0 Å². The summed E-state index contributed by atoms with van der Waals surface area (Å²) in [6.45, 7) is 0. The van der Waals surface area contributed by atoms with E-state index in [2.05, 4.69) is 31.8 Å². The normalized spacial score (nSPS) is 10.2. The van der Waals surface area contributed by atoms with E-state index >= 15 is 0 Å². The fraction of sp³-hybridized carbons (Fsp3) is 0.0588. The van der Waals surface area contributed by atoms with Gasteiger partial charge in [0.25, 0.3) is 5.91 Å². The molecule has 0 aliphatic heterocycles. The number of aromatic nitrogens is 1. The maximum absolute atomic E-state index is 12.2. The molecule has 0 atom stereocenters. The van der Waals surface area contributed by atoms with Crippen molar-refractivity contribution < 1.29 is 9.53 Å². The number of carbonyl (C=O) groups is 1. The molecule has 5 nitrogen and oxygen atoms in total. The van der Waals surface area contributed by atoms with E-state index < -0.39 is 0 Å². The molecule has 7 heteroatoms. The van der Waals surface area contributed by atoms with Gasteiger partial charge in [0.15, 0.2) is 0 Å². The summed E-state index contributed by atoms with van der Waals surface area (Å²) in [6, 6.07) is 14.9. The van der Waals surface area contributed by atoms with Gasteiger partial charge in [-0.1, -0.05) is 40.2 Å². The van der Waals surface area contributed by atoms with Crippen LogP contribution in [0.5, 0.6) is 5.75 Å². The second kappa shape index (κ2) is 7.46. The molecule has 0 radical (unpaired) electrons. The van der Waals surface area contributed by atoms with E-state index in [0.717, 1.165) is 15.7 Å². The van der Waals surface area contributed by atoms with E-state index in [9.17, 15) is 4.79 Å². The number of thiazole rings is 1. The van der Waals surface area contributed by atoms with Crippen LogP contribution < -0.4 is 15.6 Å². The molecule has 0 saturated carbocycles. The predicted octanol–water partition coefficient (Wildman–Crippen LogP) is 4.34. The Morgan fingerprint density at radius 3 is 2.67 bits per heavy atom. The second-order valence-corrected chi connectivity index (χ2v) is 6.60. The number of halogens is 1. The van der Waals surface area contributed by atoms with Crippen LogP contribution in [0, 0.1) is 0 Å². The number of amides is 1. The first-order valence-electron chi connectivity index (χ1n) is 7.08. The summed E-state index contributed by atoms with van der Waals surface area (Å²) in [5.41, 5.74) is 7.79. The fourth-order valence-corrected chi connectivity index (χ4v) is 3.03. The van der Waals surface area contributed by atoms with Gasteiger partial charge in [-0.15, -0.1) is 11.3 Å². The Bertz CT molecular complexity index is 849. The van der Waals surface area contributed by atoms with Crippen LogP contribution in [0.25, 0.3) is 11.3 Å². The number of anilines is 1. The number of para-hydroxylation sites is 1. The van der Waals surface area contributed by atoms with E-state index in [1.54, 1.807) is 18.2 Å². The summed E-state index contributed by atoms with van der Waals surface area (Å²) in [6.07, 6.45) is 0. The van der Waals surface area contributed by atoms with E-state index in [1.807, 2.05) is 35.7 Å². The minimum absolute atomic E-state index is 0.284. The van der Waals surface area contributed by atoms with Crippen LogP contribution in [-0.4, -0.2) is 18.0 Å². The van der Waals surface area contributed by atoms with Crippen LogP contribution in [0.1, 0.15) is 10.4 Å². The first-order chi connectivity index (χ1) is 11.7. The topological polar surface area (TPSA) is 63.2 Å². The number of benzene rings is 2. The van der Waals surface area contributed by atoms with Crippen molar-refractivity contribution in [3.63, 3.8) is 0 Å². The summed E-state index contributed by atoms with van der Waals surface area (Å²) >= 11 is 4.83. The molecule has 24 heavy (non-hydrogen) atoms. The first-order valence-corrected chi connectivity index (χ1v) is 8.75. The van der Waals surface area contributed by atoms with E-state index in [4.69, 9.17) is 4.74 Å². The Labute approximate surface area is 151 Å². The molecule has 0 fully saturated rings. The average molecular weight is 404 g/mol. The largest absolute Gasteiger partial charge is 0.496 e. The van der Waals surface area contributed by atoms with Gasteiger partial charge in [0.2, 0.25) is 5.13 Å². The minimum Gasteiger partial charge on any atom is -0.496 e. The van der Waals surface area contributed by atoms with Gasteiger partial charge in [-0.25, -0.2) is 4.98 Å². The molecule has 0 unspecified atom stereocenters. The Kier molecular flexibility index (Phi) is 5.12. The zero-order chi connectivity index (χ0) is 16.9. The maximum Gasteiger partial charge on any atom is 0.273 e. The van der Waals surface area contributed by atoms with E-state index in [0.29, 0.717) is 16.4 Å². The van der Waals surface area contributed by atoms with Crippen molar-refractivity contribution in [3.8, 4) is 17.0 Å². The van der Waals surface area contributed by atoms with Crippen LogP contribution in [-0.2, 0) is 0 Å². The number of hydrogen-bond acceptors (Lipinski definition) is 5. The van der Waals surface area contributed by atoms with Crippen molar-refractivity contribution >= 4 is 38.3 Å². The quantitative estimate of drug-likeness (QED) is 0.621. The lowest BCUT2D eigenvalue weighted by molar-refractivity contribution is 0.0959. The zero-order valence-electron chi connectivity index (χ0n) is 12.7. The van der Waals surface area contributed by atoms with Gasteiger partial charge in [-0.3, -0.25) is 15.6 Å². The average Bonchev–Trinajstić information content (AvgIpc) is 3.09. The number of carbonyl (C=O) groups excluding carboxylic acids is 1. The fourth-order valence-electron chi connectivity index (χ4n) is 2.09. The van der Waals surface area contributed by atoms with Gasteiger partial charge in [0.05, 0.1) is 18.4 Å². The van der Waals surface area contributed by atoms with Crippen molar-refractivity contribution in [3.05, 3.63) is 63.9 Å². The molecule has 1 heterocycles. The molecule has 0 saturated heterocycles. The molecule has 122 valence electrons.